The average Bonchev–Trinajstić information content (AvgIpc) is 2.63. The van der Waals surface area contributed by atoms with Crippen molar-refractivity contribution < 1.29 is 5.11 Å². The molecule has 6 heteroatoms. The molecule has 2 aliphatic rings. The Balaban J connectivity index is 1.42. The maximum Gasteiger partial charge on any atom is 0.128 e. The summed E-state index contributed by atoms with van der Waals surface area (Å²) in [4.78, 5) is 11.7. The number of hydrogen-bond acceptors (Lipinski definition) is 6. The molecule has 2 saturated heterocycles. The summed E-state index contributed by atoms with van der Waals surface area (Å²) < 4.78 is 0. The smallest absolute Gasteiger partial charge is 0.128 e. The van der Waals surface area contributed by atoms with Gasteiger partial charge in [0, 0.05) is 52.0 Å². The van der Waals surface area contributed by atoms with Crippen LogP contribution in [0, 0.1) is 17.2 Å². The van der Waals surface area contributed by atoms with Gasteiger partial charge in [0.2, 0.25) is 0 Å². The van der Waals surface area contributed by atoms with E-state index >= 15 is 0 Å². The molecule has 1 aromatic heterocycles. The van der Waals surface area contributed by atoms with Crippen molar-refractivity contribution in [3.05, 3.63) is 24.4 Å². The van der Waals surface area contributed by atoms with E-state index in [0.717, 1.165) is 51.6 Å². The molecule has 1 aromatic rings. The summed E-state index contributed by atoms with van der Waals surface area (Å²) in [6.07, 6.45) is 4.05. The number of likely N-dealkylation sites (tertiary alicyclic amines) is 1. The van der Waals surface area contributed by atoms with E-state index in [9.17, 15) is 5.11 Å². The van der Waals surface area contributed by atoms with Crippen molar-refractivity contribution in [2.24, 2.45) is 5.92 Å². The average molecular weight is 343 g/mol. The van der Waals surface area contributed by atoms with E-state index in [1.165, 1.54) is 12.8 Å². The highest BCUT2D eigenvalue weighted by Crippen LogP contribution is 2.20. The molecule has 6 nitrogen and oxygen atoms in total. The first-order valence-corrected chi connectivity index (χ1v) is 9.40. The van der Waals surface area contributed by atoms with Crippen LogP contribution in [-0.2, 0) is 0 Å². The van der Waals surface area contributed by atoms with Crippen LogP contribution >= 0.6 is 0 Å². The number of piperazine rings is 1. The van der Waals surface area contributed by atoms with Gasteiger partial charge in [0.25, 0.3) is 0 Å². The fraction of sp³-hybridized carbons (Fsp3) is 0.684. The lowest BCUT2D eigenvalue weighted by Gasteiger charge is -2.40. The number of aliphatic hydroxyl groups excluding tert-OH is 1. The molecule has 0 bridgehead atoms. The van der Waals surface area contributed by atoms with Crippen molar-refractivity contribution in [3.8, 4) is 6.07 Å². The minimum atomic E-state index is -0.509. The van der Waals surface area contributed by atoms with Crippen LogP contribution in [0.3, 0.4) is 0 Å². The van der Waals surface area contributed by atoms with Crippen LogP contribution in [0.15, 0.2) is 24.4 Å². The van der Waals surface area contributed by atoms with Gasteiger partial charge in [-0.2, -0.15) is 5.26 Å². The third-order valence-electron chi connectivity index (χ3n) is 5.26. The number of β-amino-alcohol motifs (C(OH)–C–C–N with tert-alkyl or cyclic N) is 1. The summed E-state index contributed by atoms with van der Waals surface area (Å²) in [5, 5.41) is 18.6. The van der Waals surface area contributed by atoms with Crippen molar-refractivity contribution in [2.75, 3.05) is 57.3 Å². The molecule has 3 rings (SSSR count). The van der Waals surface area contributed by atoms with Gasteiger partial charge in [0.15, 0.2) is 0 Å². The Morgan fingerprint density at radius 2 is 2.04 bits per heavy atom. The Labute approximate surface area is 150 Å². The predicted molar refractivity (Wildman–Crippen MR) is 98.3 cm³/mol. The van der Waals surface area contributed by atoms with Crippen molar-refractivity contribution in [1.82, 2.24) is 14.8 Å². The zero-order valence-corrected chi connectivity index (χ0v) is 14.9. The van der Waals surface area contributed by atoms with Gasteiger partial charge < -0.3 is 14.9 Å². The lowest BCUT2D eigenvalue weighted by Crippen LogP contribution is -2.50. The molecule has 0 saturated carbocycles. The van der Waals surface area contributed by atoms with E-state index in [1.54, 1.807) is 0 Å². The van der Waals surface area contributed by atoms with Crippen molar-refractivity contribution in [3.63, 3.8) is 0 Å². The van der Waals surface area contributed by atoms with Gasteiger partial charge in [-0.3, -0.25) is 4.90 Å². The molecule has 0 unspecified atom stereocenters. The normalized spacial score (nSPS) is 24.0. The largest absolute Gasteiger partial charge is 0.391 e. The maximum absolute atomic E-state index is 9.86. The lowest BCUT2D eigenvalue weighted by atomic mass is 9.96. The standard InChI is InChI=1S/C19H29N5O/c20-7-6-18(25)16-23-9-3-4-17(15-23)14-22-10-12-24(13-11-22)19-5-1-2-8-21-19/h1-2,5,8,17-18,25H,3-4,6,9-16H2/t17-,18-/m1/s1. The minimum Gasteiger partial charge on any atom is -0.391 e. The summed E-state index contributed by atoms with van der Waals surface area (Å²) in [6, 6.07) is 8.15. The Morgan fingerprint density at radius 1 is 1.20 bits per heavy atom. The summed E-state index contributed by atoms with van der Waals surface area (Å²) in [5.74, 6) is 1.75. The van der Waals surface area contributed by atoms with Gasteiger partial charge in [0.1, 0.15) is 5.82 Å². The van der Waals surface area contributed by atoms with Gasteiger partial charge in [-0.1, -0.05) is 6.07 Å². The highest BCUT2D eigenvalue weighted by Gasteiger charge is 2.25. The van der Waals surface area contributed by atoms with E-state index in [1.807, 2.05) is 18.3 Å². The summed E-state index contributed by atoms with van der Waals surface area (Å²) in [6.45, 7) is 8.12. The van der Waals surface area contributed by atoms with Crippen LogP contribution in [0.5, 0.6) is 0 Å². The fourth-order valence-electron chi connectivity index (χ4n) is 4.00. The number of nitriles is 1. The van der Waals surface area contributed by atoms with Gasteiger partial charge in [-0.15, -0.1) is 0 Å². The monoisotopic (exact) mass is 343 g/mol. The van der Waals surface area contributed by atoms with Crippen LogP contribution in [-0.4, -0.2) is 78.4 Å². The molecule has 3 heterocycles. The van der Waals surface area contributed by atoms with E-state index in [-0.39, 0.29) is 6.42 Å². The summed E-state index contributed by atoms with van der Waals surface area (Å²) >= 11 is 0. The van der Waals surface area contributed by atoms with E-state index < -0.39 is 6.10 Å². The Hall–Kier alpha value is -1.68. The van der Waals surface area contributed by atoms with Crippen LogP contribution in [0.2, 0.25) is 0 Å². The zero-order valence-electron chi connectivity index (χ0n) is 14.9. The number of nitrogens with zero attached hydrogens (tertiary/aromatic N) is 5. The lowest BCUT2D eigenvalue weighted by molar-refractivity contribution is 0.0750. The SMILES string of the molecule is N#CC[C@@H](O)CN1CCC[C@H](CN2CCN(c3ccccn3)CC2)C1. The molecule has 1 N–H and O–H groups in total. The number of anilines is 1. The van der Waals surface area contributed by atoms with Crippen molar-refractivity contribution in [1.29, 1.82) is 5.26 Å². The second-order valence-electron chi connectivity index (χ2n) is 7.26. The van der Waals surface area contributed by atoms with E-state index in [0.29, 0.717) is 12.5 Å². The second-order valence-corrected chi connectivity index (χ2v) is 7.26. The molecule has 0 aromatic carbocycles. The third kappa shape index (κ3) is 5.40. The number of aromatic nitrogens is 1. The molecular weight excluding hydrogens is 314 g/mol. The highest BCUT2D eigenvalue weighted by molar-refractivity contribution is 5.38. The summed E-state index contributed by atoms with van der Waals surface area (Å²) in [5.41, 5.74) is 0. The first-order chi connectivity index (χ1) is 12.2. The number of hydrogen-bond donors (Lipinski definition) is 1. The summed E-state index contributed by atoms with van der Waals surface area (Å²) in [7, 11) is 0. The molecule has 2 atom stereocenters. The fourth-order valence-corrected chi connectivity index (χ4v) is 4.00. The van der Waals surface area contributed by atoms with Gasteiger partial charge in [-0.05, 0) is 37.4 Å². The molecule has 0 radical (unpaired) electrons. The molecule has 25 heavy (non-hydrogen) atoms. The Bertz CT molecular complexity index is 553. The van der Waals surface area contributed by atoms with Gasteiger partial charge in [-0.25, -0.2) is 4.98 Å². The zero-order chi connectivity index (χ0) is 17.5. The second kappa shape index (κ2) is 9.14. The van der Waals surface area contributed by atoms with Crippen LogP contribution in [0.25, 0.3) is 0 Å². The maximum atomic E-state index is 9.86. The number of aliphatic hydroxyl groups is 1. The Morgan fingerprint density at radius 3 is 2.76 bits per heavy atom. The topological polar surface area (TPSA) is 66.6 Å². The van der Waals surface area contributed by atoms with Gasteiger partial charge in [0.05, 0.1) is 18.6 Å². The van der Waals surface area contributed by atoms with Crippen LogP contribution in [0.1, 0.15) is 19.3 Å². The number of piperidine rings is 1. The predicted octanol–water partition coefficient (Wildman–Crippen LogP) is 1.19. The molecule has 2 fully saturated rings. The molecule has 0 spiro atoms. The van der Waals surface area contributed by atoms with Crippen LogP contribution < -0.4 is 4.90 Å². The quantitative estimate of drug-likeness (QED) is 0.837. The molecule has 136 valence electrons. The van der Waals surface area contributed by atoms with Crippen molar-refractivity contribution in [2.45, 2.75) is 25.4 Å². The van der Waals surface area contributed by atoms with E-state index in [4.69, 9.17) is 5.26 Å². The highest BCUT2D eigenvalue weighted by atomic mass is 16.3. The molecular formula is C19H29N5O. The Kier molecular flexibility index (Phi) is 6.62. The molecule has 2 aliphatic heterocycles. The van der Waals surface area contributed by atoms with Crippen LogP contribution in [0.4, 0.5) is 5.82 Å². The third-order valence-corrected chi connectivity index (χ3v) is 5.26. The molecule has 0 amide bonds. The first-order valence-electron chi connectivity index (χ1n) is 9.40. The van der Waals surface area contributed by atoms with Crippen molar-refractivity contribution >= 4 is 5.82 Å². The number of rotatable bonds is 6. The van der Waals surface area contributed by atoms with Gasteiger partial charge >= 0.3 is 0 Å². The number of pyridine rings is 1. The first kappa shape index (κ1) is 18.1. The van der Waals surface area contributed by atoms with E-state index in [2.05, 4.69) is 31.8 Å². The molecule has 0 aliphatic carbocycles. The minimum absolute atomic E-state index is 0.233.